The number of aromatic amines is 1. The number of anilines is 1. The number of pyridine rings is 1. The molecule has 0 aromatic carbocycles. The van der Waals surface area contributed by atoms with Gasteiger partial charge >= 0.3 is 0 Å². The lowest BCUT2D eigenvalue weighted by Gasteiger charge is -2.36. The molecule has 6 heteroatoms. The molecular weight excluding hydrogens is 266 g/mol. The van der Waals surface area contributed by atoms with Crippen molar-refractivity contribution in [3.05, 3.63) is 42.5 Å². The van der Waals surface area contributed by atoms with Gasteiger partial charge in [0.15, 0.2) is 0 Å². The van der Waals surface area contributed by atoms with Gasteiger partial charge in [-0.1, -0.05) is 0 Å². The number of carbonyl (C=O) groups excluding carboxylic acids is 1. The third kappa shape index (κ3) is 3.39. The van der Waals surface area contributed by atoms with E-state index in [1.54, 1.807) is 12.4 Å². The molecule has 2 aromatic rings. The number of H-pyrrole nitrogens is 1. The molecule has 3 heterocycles. The van der Waals surface area contributed by atoms with Crippen molar-refractivity contribution in [2.24, 2.45) is 0 Å². The molecule has 1 amide bonds. The Morgan fingerprint density at radius 3 is 2.76 bits per heavy atom. The summed E-state index contributed by atoms with van der Waals surface area (Å²) in [5, 5.41) is 6.66. The highest BCUT2D eigenvalue weighted by molar-refractivity contribution is 5.76. The van der Waals surface area contributed by atoms with Crippen LogP contribution in [-0.4, -0.2) is 52.2 Å². The predicted octanol–water partition coefficient (Wildman–Crippen LogP) is 1.09. The van der Waals surface area contributed by atoms with Crippen LogP contribution in [0.25, 0.3) is 0 Å². The average molecular weight is 285 g/mol. The molecule has 0 aliphatic carbocycles. The Morgan fingerprint density at radius 2 is 2.10 bits per heavy atom. The fourth-order valence-corrected chi connectivity index (χ4v) is 2.58. The Kier molecular flexibility index (Phi) is 4.14. The topological polar surface area (TPSA) is 65.1 Å². The van der Waals surface area contributed by atoms with Gasteiger partial charge < -0.3 is 9.80 Å². The van der Waals surface area contributed by atoms with Crippen LogP contribution in [0.4, 0.5) is 5.69 Å². The molecule has 0 radical (unpaired) electrons. The van der Waals surface area contributed by atoms with Crippen LogP contribution in [0, 0.1) is 0 Å². The number of hydrogen-bond donors (Lipinski definition) is 1. The number of rotatable bonds is 4. The molecule has 0 spiro atoms. The lowest BCUT2D eigenvalue weighted by Crippen LogP contribution is -2.48. The third-order valence-corrected chi connectivity index (χ3v) is 3.83. The van der Waals surface area contributed by atoms with E-state index in [2.05, 4.69) is 26.1 Å². The van der Waals surface area contributed by atoms with Gasteiger partial charge in [-0.2, -0.15) is 5.10 Å². The highest BCUT2D eigenvalue weighted by atomic mass is 16.2. The fourth-order valence-electron chi connectivity index (χ4n) is 2.58. The highest BCUT2D eigenvalue weighted by Gasteiger charge is 2.21. The van der Waals surface area contributed by atoms with Crippen molar-refractivity contribution in [3.63, 3.8) is 0 Å². The van der Waals surface area contributed by atoms with E-state index in [1.807, 2.05) is 23.4 Å². The molecule has 1 fully saturated rings. The lowest BCUT2D eigenvalue weighted by molar-refractivity contribution is -0.131. The number of piperazine rings is 1. The number of carbonyl (C=O) groups is 1. The summed E-state index contributed by atoms with van der Waals surface area (Å²) in [4.78, 5) is 20.6. The summed E-state index contributed by atoms with van der Waals surface area (Å²) in [6.45, 7) is 3.28. The molecule has 0 unspecified atom stereocenters. The van der Waals surface area contributed by atoms with Crippen LogP contribution in [0.3, 0.4) is 0 Å². The van der Waals surface area contributed by atoms with Gasteiger partial charge in [-0.3, -0.25) is 14.9 Å². The van der Waals surface area contributed by atoms with Crippen molar-refractivity contribution in [1.82, 2.24) is 20.1 Å². The van der Waals surface area contributed by atoms with Gasteiger partial charge in [-0.15, -0.1) is 0 Å². The molecule has 1 saturated heterocycles. The van der Waals surface area contributed by atoms with Crippen LogP contribution in [-0.2, 0) is 11.2 Å². The van der Waals surface area contributed by atoms with Crippen molar-refractivity contribution in [1.29, 1.82) is 0 Å². The van der Waals surface area contributed by atoms with Crippen LogP contribution < -0.4 is 4.90 Å². The second-order valence-electron chi connectivity index (χ2n) is 5.19. The predicted molar refractivity (Wildman–Crippen MR) is 79.9 cm³/mol. The summed E-state index contributed by atoms with van der Waals surface area (Å²) in [5.41, 5.74) is 2.21. The first-order valence-electron chi connectivity index (χ1n) is 7.23. The van der Waals surface area contributed by atoms with Gasteiger partial charge in [0.05, 0.1) is 18.1 Å². The minimum absolute atomic E-state index is 0.224. The number of nitrogens with zero attached hydrogens (tertiary/aromatic N) is 4. The van der Waals surface area contributed by atoms with Crippen LogP contribution in [0.5, 0.6) is 0 Å². The van der Waals surface area contributed by atoms with E-state index in [1.165, 1.54) is 0 Å². The first-order valence-corrected chi connectivity index (χ1v) is 7.23. The van der Waals surface area contributed by atoms with Crippen LogP contribution in [0.2, 0.25) is 0 Å². The SMILES string of the molecule is O=C(CCc1cn[nH]c1)N1CCN(c2cccnc2)CC1. The van der Waals surface area contributed by atoms with Crippen molar-refractivity contribution < 1.29 is 4.79 Å². The normalized spacial score (nSPS) is 15.2. The molecule has 0 atom stereocenters. The molecule has 21 heavy (non-hydrogen) atoms. The summed E-state index contributed by atoms with van der Waals surface area (Å²) in [7, 11) is 0. The number of nitrogens with one attached hydrogen (secondary N) is 1. The quantitative estimate of drug-likeness (QED) is 0.913. The zero-order chi connectivity index (χ0) is 14.5. The first kappa shape index (κ1) is 13.6. The summed E-state index contributed by atoms with van der Waals surface area (Å²) in [5.74, 6) is 0.224. The van der Waals surface area contributed by atoms with E-state index in [0.29, 0.717) is 6.42 Å². The third-order valence-electron chi connectivity index (χ3n) is 3.83. The Hall–Kier alpha value is -2.37. The average Bonchev–Trinajstić information content (AvgIpc) is 3.07. The largest absolute Gasteiger partial charge is 0.367 e. The Morgan fingerprint density at radius 1 is 1.24 bits per heavy atom. The lowest BCUT2D eigenvalue weighted by atomic mass is 10.1. The molecule has 3 rings (SSSR count). The molecule has 110 valence electrons. The second-order valence-corrected chi connectivity index (χ2v) is 5.19. The van der Waals surface area contributed by atoms with Gasteiger partial charge in [-0.05, 0) is 24.1 Å². The van der Waals surface area contributed by atoms with E-state index in [-0.39, 0.29) is 5.91 Å². The van der Waals surface area contributed by atoms with E-state index in [9.17, 15) is 4.79 Å². The number of amides is 1. The molecule has 1 aliphatic rings. The molecule has 1 N–H and O–H groups in total. The van der Waals surface area contributed by atoms with Crippen molar-refractivity contribution >= 4 is 11.6 Å². The summed E-state index contributed by atoms with van der Waals surface area (Å²) in [6.07, 6.45) is 8.56. The number of aromatic nitrogens is 3. The summed E-state index contributed by atoms with van der Waals surface area (Å²) < 4.78 is 0. The van der Waals surface area contributed by atoms with Crippen LogP contribution in [0.15, 0.2) is 36.9 Å². The Balaban J connectivity index is 1.48. The van der Waals surface area contributed by atoms with Gasteiger partial charge in [0.2, 0.25) is 5.91 Å². The second kappa shape index (κ2) is 6.39. The number of hydrogen-bond acceptors (Lipinski definition) is 4. The smallest absolute Gasteiger partial charge is 0.223 e. The maximum Gasteiger partial charge on any atom is 0.223 e. The highest BCUT2D eigenvalue weighted by Crippen LogP contribution is 2.15. The summed E-state index contributed by atoms with van der Waals surface area (Å²) >= 11 is 0. The van der Waals surface area contributed by atoms with E-state index in [0.717, 1.165) is 43.9 Å². The van der Waals surface area contributed by atoms with E-state index < -0.39 is 0 Å². The Bertz CT molecular complexity index is 561. The molecule has 6 nitrogen and oxygen atoms in total. The molecule has 2 aromatic heterocycles. The maximum absolute atomic E-state index is 12.2. The van der Waals surface area contributed by atoms with E-state index in [4.69, 9.17) is 0 Å². The van der Waals surface area contributed by atoms with Gasteiger partial charge in [0.1, 0.15) is 0 Å². The van der Waals surface area contributed by atoms with E-state index >= 15 is 0 Å². The van der Waals surface area contributed by atoms with Crippen LogP contribution in [0.1, 0.15) is 12.0 Å². The van der Waals surface area contributed by atoms with Gasteiger partial charge in [0.25, 0.3) is 0 Å². The monoisotopic (exact) mass is 285 g/mol. The van der Waals surface area contributed by atoms with Crippen molar-refractivity contribution in [2.45, 2.75) is 12.8 Å². The molecule has 1 aliphatic heterocycles. The fraction of sp³-hybridized carbons (Fsp3) is 0.400. The zero-order valence-corrected chi connectivity index (χ0v) is 11.9. The Labute approximate surface area is 123 Å². The minimum atomic E-state index is 0.224. The minimum Gasteiger partial charge on any atom is -0.367 e. The standard InChI is InChI=1S/C15H19N5O/c21-15(4-3-13-10-17-18-11-13)20-8-6-19(7-9-20)14-2-1-5-16-12-14/h1-2,5,10-12H,3-4,6-9H2,(H,17,18). The maximum atomic E-state index is 12.2. The molecule has 0 bridgehead atoms. The van der Waals surface area contributed by atoms with Crippen molar-refractivity contribution in [3.8, 4) is 0 Å². The number of aryl methyl sites for hydroxylation is 1. The molecular formula is C15H19N5O. The van der Waals surface area contributed by atoms with Gasteiger partial charge in [0, 0.05) is 45.0 Å². The summed E-state index contributed by atoms with van der Waals surface area (Å²) in [6, 6.07) is 4.00. The van der Waals surface area contributed by atoms with Gasteiger partial charge in [-0.25, -0.2) is 0 Å². The zero-order valence-electron chi connectivity index (χ0n) is 11.9. The van der Waals surface area contributed by atoms with Crippen molar-refractivity contribution in [2.75, 3.05) is 31.1 Å². The van der Waals surface area contributed by atoms with Crippen LogP contribution >= 0.6 is 0 Å². The molecule has 0 saturated carbocycles. The first-order chi connectivity index (χ1) is 10.3.